The molecule has 2 rings (SSSR count). The molecule has 1 fully saturated rings. The summed E-state index contributed by atoms with van der Waals surface area (Å²) in [7, 11) is 0. The minimum atomic E-state index is -0.0698. The Morgan fingerprint density at radius 2 is 2.22 bits per heavy atom. The highest BCUT2D eigenvalue weighted by Gasteiger charge is 2.33. The fraction of sp³-hybridized carbons (Fsp3) is 0.750. The van der Waals surface area contributed by atoms with Gasteiger partial charge in [-0.2, -0.15) is 0 Å². The van der Waals surface area contributed by atoms with Crippen LogP contribution in [0.25, 0.3) is 0 Å². The van der Waals surface area contributed by atoms with Crippen molar-refractivity contribution in [2.45, 2.75) is 59.0 Å². The van der Waals surface area contributed by atoms with E-state index in [4.69, 9.17) is 0 Å². The van der Waals surface area contributed by atoms with Crippen molar-refractivity contribution in [2.24, 2.45) is 5.92 Å². The van der Waals surface area contributed by atoms with E-state index in [1.807, 2.05) is 16.4 Å². The average Bonchev–Trinajstić information content (AvgIpc) is 3.12. The zero-order valence-electron chi connectivity index (χ0n) is 14.3. The molecular formula is C16H27N5O2. The molecule has 1 aromatic rings. The van der Waals surface area contributed by atoms with Gasteiger partial charge in [-0.25, -0.2) is 0 Å². The van der Waals surface area contributed by atoms with Crippen molar-refractivity contribution in [1.29, 1.82) is 0 Å². The molecule has 0 aromatic carbocycles. The average molecular weight is 321 g/mol. The fourth-order valence-corrected chi connectivity index (χ4v) is 2.98. The third kappa shape index (κ3) is 4.53. The van der Waals surface area contributed by atoms with E-state index in [0.717, 1.165) is 31.6 Å². The molecule has 1 saturated heterocycles. The van der Waals surface area contributed by atoms with Crippen LogP contribution in [0.4, 0.5) is 0 Å². The molecule has 1 aliphatic rings. The summed E-state index contributed by atoms with van der Waals surface area (Å²) < 4.78 is 2.04. The Morgan fingerprint density at radius 3 is 2.91 bits per heavy atom. The maximum atomic E-state index is 12.4. The Morgan fingerprint density at radius 1 is 1.43 bits per heavy atom. The summed E-state index contributed by atoms with van der Waals surface area (Å²) in [6.07, 6.45) is 4.82. The molecule has 23 heavy (non-hydrogen) atoms. The molecule has 2 heterocycles. The van der Waals surface area contributed by atoms with Gasteiger partial charge < -0.3 is 14.8 Å². The van der Waals surface area contributed by atoms with Crippen molar-refractivity contribution >= 4 is 11.8 Å². The number of nitrogens with zero attached hydrogens (tertiary/aromatic N) is 4. The number of amides is 2. The second-order valence-corrected chi connectivity index (χ2v) is 6.51. The maximum Gasteiger partial charge on any atom is 0.242 e. The molecular weight excluding hydrogens is 294 g/mol. The third-order valence-corrected chi connectivity index (χ3v) is 3.99. The second-order valence-electron chi connectivity index (χ2n) is 6.51. The Hall–Kier alpha value is -1.92. The molecule has 1 aromatic heterocycles. The fourth-order valence-electron chi connectivity index (χ4n) is 2.98. The molecule has 0 bridgehead atoms. The highest BCUT2D eigenvalue weighted by molar-refractivity contribution is 5.85. The molecule has 1 aliphatic heterocycles. The topological polar surface area (TPSA) is 80.1 Å². The monoisotopic (exact) mass is 321 g/mol. The number of likely N-dealkylation sites (tertiary alicyclic amines) is 1. The van der Waals surface area contributed by atoms with Crippen LogP contribution in [0.2, 0.25) is 0 Å². The molecule has 0 spiro atoms. The van der Waals surface area contributed by atoms with Crippen molar-refractivity contribution in [3.8, 4) is 0 Å². The largest absolute Gasteiger partial charge is 0.347 e. The van der Waals surface area contributed by atoms with Gasteiger partial charge in [-0.3, -0.25) is 9.59 Å². The highest BCUT2D eigenvalue weighted by Crippen LogP contribution is 2.30. The van der Waals surface area contributed by atoms with Gasteiger partial charge in [-0.1, -0.05) is 20.8 Å². The Labute approximate surface area is 137 Å². The van der Waals surface area contributed by atoms with Gasteiger partial charge in [0.15, 0.2) is 5.82 Å². The molecule has 1 atom stereocenters. The van der Waals surface area contributed by atoms with Crippen LogP contribution in [0.1, 0.15) is 58.3 Å². The number of hydrogen-bond acceptors (Lipinski definition) is 4. The normalized spacial score (nSPS) is 17.7. The van der Waals surface area contributed by atoms with Gasteiger partial charge in [0.05, 0.1) is 12.6 Å². The lowest BCUT2D eigenvalue weighted by Crippen LogP contribution is -2.40. The molecule has 0 saturated carbocycles. The van der Waals surface area contributed by atoms with Crippen LogP contribution < -0.4 is 5.32 Å². The summed E-state index contributed by atoms with van der Waals surface area (Å²) >= 11 is 0. The van der Waals surface area contributed by atoms with Gasteiger partial charge in [-0.05, 0) is 25.2 Å². The number of hydrogen-bond donors (Lipinski definition) is 1. The molecule has 128 valence electrons. The van der Waals surface area contributed by atoms with Crippen LogP contribution in [-0.2, 0) is 16.1 Å². The van der Waals surface area contributed by atoms with E-state index >= 15 is 0 Å². The number of nitrogens with one attached hydrogen (secondary N) is 1. The zero-order valence-corrected chi connectivity index (χ0v) is 14.3. The van der Waals surface area contributed by atoms with Gasteiger partial charge in [0.2, 0.25) is 11.8 Å². The van der Waals surface area contributed by atoms with Crippen LogP contribution >= 0.6 is 0 Å². The second kappa shape index (κ2) is 8.08. The van der Waals surface area contributed by atoms with E-state index in [1.165, 1.54) is 0 Å². The first-order valence-electron chi connectivity index (χ1n) is 8.46. The Kier molecular flexibility index (Phi) is 6.12. The molecule has 7 nitrogen and oxygen atoms in total. The van der Waals surface area contributed by atoms with E-state index < -0.39 is 0 Å². The Balaban J connectivity index is 2.01. The first kappa shape index (κ1) is 17.4. The van der Waals surface area contributed by atoms with Gasteiger partial charge in [0.1, 0.15) is 6.33 Å². The smallest absolute Gasteiger partial charge is 0.242 e. The number of carbonyl (C=O) groups is 2. The van der Waals surface area contributed by atoms with E-state index in [-0.39, 0.29) is 24.4 Å². The predicted molar refractivity (Wildman–Crippen MR) is 86.5 cm³/mol. The van der Waals surface area contributed by atoms with Crippen molar-refractivity contribution in [2.75, 3.05) is 13.1 Å². The third-order valence-electron chi connectivity index (χ3n) is 3.99. The maximum absolute atomic E-state index is 12.4. The van der Waals surface area contributed by atoms with Crippen molar-refractivity contribution < 1.29 is 9.59 Å². The number of aromatic nitrogens is 3. The zero-order chi connectivity index (χ0) is 16.8. The quantitative estimate of drug-likeness (QED) is 0.825. The molecule has 1 N–H and O–H groups in total. The van der Waals surface area contributed by atoms with Gasteiger partial charge >= 0.3 is 0 Å². The molecule has 0 radical (unpaired) electrons. The van der Waals surface area contributed by atoms with Gasteiger partial charge in [0.25, 0.3) is 0 Å². The van der Waals surface area contributed by atoms with Gasteiger partial charge in [-0.15, -0.1) is 10.2 Å². The SMILES string of the molecule is CCCC(=O)NCC(=O)N1CCC[C@@H]1c1nncn1CC(C)C. The van der Waals surface area contributed by atoms with E-state index in [2.05, 4.69) is 29.4 Å². The van der Waals surface area contributed by atoms with Crippen LogP contribution in [0, 0.1) is 5.92 Å². The van der Waals surface area contributed by atoms with Crippen molar-refractivity contribution in [3.05, 3.63) is 12.2 Å². The summed E-state index contributed by atoms with van der Waals surface area (Å²) in [6, 6.07) is -0.0353. The first-order chi connectivity index (χ1) is 11.0. The lowest BCUT2D eigenvalue weighted by atomic mass is 10.2. The Bertz CT molecular complexity index is 540. The highest BCUT2D eigenvalue weighted by atomic mass is 16.2. The molecule has 0 unspecified atom stereocenters. The lowest BCUT2D eigenvalue weighted by molar-refractivity contribution is -0.133. The predicted octanol–water partition coefficient (Wildman–Crippen LogP) is 1.51. The van der Waals surface area contributed by atoms with Crippen LogP contribution in [0.5, 0.6) is 0 Å². The number of carbonyl (C=O) groups excluding carboxylic acids is 2. The summed E-state index contributed by atoms with van der Waals surface area (Å²) in [6.45, 7) is 7.85. The number of rotatable bonds is 7. The van der Waals surface area contributed by atoms with Crippen molar-refractivity contribution in [1.82, 2.24) is 25.0 Å². The molecule has 7 heteroatoms. The molecule has 2 amide bonds. The summed E-state index contributed by atoms with van der Waals surface area (Å²) in [5, 5.41) is 11.0. The van der Waals surface area contributed by atoms with E-state index in [1.54, 1.807) is 6.33 Å². The van der Waals surface area contributed by atoms with Crippen LogP contribution in [0.15, 0.2) is 6.33 Å². The summed E-state index contributed by atoms with van der Waals surface area (Å²) in [5.41, 5.74) is 0. The first-order valence-corrected chi connectivity index (χ1v) is 8.46. The van der Waals surface area contributed by atoms with Crippen molar-refractivity contribution in [3.63, 3.8) is 0 Å². The molecule has 0 aliphatic carbocycles. The lowest BCUT2D eigenvalue weighted by Gasteiger charge is -2.25. The van der Waals surface area contributed by atoms with E-state index in [9.17, 15) is 9.59 Å². The minimum Gasteiger partial charge on any atom is -0.347 e. The standard InChI is InChI=1S/C16H27N5O2/c1-4-6-14(22)17-9-15(23)21-8-5-7-13(21)16-19-18-11-20(16)10-12(2)3/h11-13H,4-10H2,1-3H3,(H,17,22)/t13-/m1/s1. The van der Waals surface area contributed by atoms with E-state index in [0.29, 0.717) is 18.9 Å². The summed E-state index contributed by atoms with van der Waals surface area (Å²) in [4.78, 5) is 25.8. The van der Waals surface area contributed by atoms with Crippen LogP contribution in [0.3, 0.4) is 0 Å². The van der Waals surface area contributed by atoms with Gasteiger partial charge in [0, 0.05) is 19.5 Å². The van der Waals surface area contributed by atoms with Crippen LogP contribution in [-0.4, -0.2) is 44.6 Å². The minimum absolute atomic E-state index is 0.0353. The summed E-state index contributed by atoms with van der Waals surface area (Å²) in [5.74, 6) is 1.23.